The number of benzene rings is 1. The van der Waals surface area contributed by atoms with Gasteiger partial charge in [-0.2, -0.15) is 5.26 Å². The van der Waals surface area contributed by atoms with Crippen molar-refractivity contribution in [3.8, 4) is 11.9 Å². The molecule has 0 aliphatic carbocycles. The van der Waals surface area contributed by atoms with Crippen molar-refractivity contribution in [3.63, 3.8) is 0 Å². The number of hydrogen-bond donors (Lipinski definition) is 2. The number of ether oxygens (including phenoxy) is 2. The van der Waals surface area contributed by atoms with Gasteiger partial charge in [0.1, 0.15) is 11.4 Å². The van der Waals surface area contributed by atoms with Crippen molar-refractivity contribution in [1.82, 2.24) is 10.2 Å². The molecule has 0 saturated carbocycles. The van der Waals surface area contributed by atoms with Crippen LogP contribution in [0.1, 0.15) is 57.6 Å². The van der Waals surface area contributed by atoms with Gasteiger partial charge in [-0.05, 0) is 38.8 Å². The van der Waals surface area contributed by atoms with Crippen LogP contribution in [0.5, 0.6) is 5.88 Å². The molecule has 0 radical (unpaired) electrons. The molecule has 1 aliphatic heterocycles. The molecule has 1 aromatic heterocycles. The molecule has 29 heavy (non-hydrogen) atoms. The first-order valence-electron chi connectivity index (χ1n) is 9.38. The molecule has 1 atom stereocenters. The Kier molecular flexibility index (Phi) is 5.85. The number of anilines is 1. The average molecular weight is 415 g/mol. The number of allylic oxidation sites excluding steroid dienone is 2. The molecule has 1 aliphatic rings. The lowest BCUT2D eigenvalue weighted by Gasteiger charge is -2.27. The molecule has 0 fully saturated rings. The van der Waals surface area contributed by atoms with Crippen LogP contribution in [0.2, 0.25) is 5.02 Å². The fourth-order valence-electron chi connectivity index (χ4n) is 3.26. The molecule has 0 bridgehead atoms. The maximum Gasteiger partial charge on any atom is 0.515 e. The summed E-state index contributed by atoms with van der Waals surface area (Å²) in [6.45, 7) is 7.27. The number of fused-ring (bicyclic) bond motifs is 1. The van der Waals surface area contributed by atoms with Gasteiger partial charge >= 0.3 is 6.16 Å². The van der Waals surface area contributed by atoms with Crippen molar-refractivity contribution in [3.05, 3.63) is 51.7 Å². The second-order valence-corrected chi connectivity index (χ2v) is 8.12. The summed E-state index contributed by atoms with van der Waals surface area (Å²) in [7, 11) is 0. The third-order valence-corrected chi connectivity index (χ3v) is 4.70. The number of carbonyl (C=O) groups is 1. The van der Waals surface area contributed by atoms with E-state index in [1.165, 1.54) is 0 Å². The Balaban J connectivity index is 2.10. The number of aromatic amines is 1. The average Bonchev–Trinajstić information content (AvgIpc) is 3.02. The van der Waals surface area contributed by atoms with Gasteiger partial charge in [0.2, 0.25) is 0 Å². The summed E-state index contributed by atoms with van der Waals surface area (Å²) in [5.74, 6) is 0.0913. The summed E-state index contributed by atoms with van der Waals surface area (Å²) in [5.41, 5.74) is 1.88. The Morgan fingerprint density at radius 2 is 2.07 bits per heavy atom. The van der Waals surface area contributed by atoms with Crippen LogP contribution >= 0.6 is 11.6 Å². The quantitative estimate of drug-likeness (QED) is 0.639. The molecule has 7 nitrogen and oxygen atoms in total. The number of carbonyl (C=O) groups excluding carboxylic acids is 1. The van der Waals surface area contributed by atoms with Gasteiger partial charge in [-0.15, -0.1) is 5.10 Å². The van der Waals surface area contributed by atoms with E-state index in [4.69, 9.17) is 21.1 Å². The van der Waals surface area contributed by atoms with Gasteiger partial charge in [0, 0.05) is 10.7 Å². The normalized spacial score (nSPS) is 15.9. The minimum absolute atomic E-state index is 0.0509. The van der Waals surface area contributed by atoms with E-state index in [2.05, 4.69) is 21.6 Å². The minimum Gasteiger partial charge on any atom is -0.428 e. The Labute approximate surface area is 174 Å². The van der Waals surface area contributed by atoms with E-state index >= 15 is 0 Å². The van der Waals surface area contributed by atoms with E-state index in [0.717, 1.165) is 17.7 Å². The van der Waals surface area contributed by atoms with Crippen LogP contribution in [0.3, 0.4) is 0 Å². The van der Waals surface area contributed by atoms with E-state index in [0.29, 0.717) is 28.4 Å². The SMILES string of the molecule is CCCC1=C(C#N)C(c2ccccc2Cl)c2c(OC(=O)OC(C)(C)C)n[nH]c2N1. The molecule has 2 aromatic rings. The summed E-state index contributed by atoms with van der Waals surface area (Å²) >= 11 is 6.47. The Hall–Kier alpha value is -2.98. The lowest BCUT2D eigenvalue weighted by atomic mass is 9.82. The van der Waals surface area contributed by atoms with E-state index in [9.17, 15) is 10.1 Å². The van der Waals surface area contributed by atoms with E-state index in [-0.39, 0.29) is 5.88 Å². The summed E-state index contributed by atoms with van der Waals surface area (Å²) in [6, 6.07) is 9.61. The third-order valence-electron chi connectivity index (χ3n) is 4.35. The zero-order chi connectivity index (χ0) is 21.2. The number of nitriles is 1. The molecular formula is C21H23ClN4O3. The predicted molar refractivity (Wildman–Crippen MR) is 110 cm³/mol. The molecule has 0 amide bonds. The Morgan fingerprint density at radius 3 is 2.69 bits per heavy atom. The zero-order valence-electron chi connectivity index (χ0n) is 16.8. The molecule has 8 heteroatoms. The lowest BCUT2D eigenvalue weighted by Crippen LogP contribution is -2.26. The highest BCUT2D eigenvalue weighted by Gasteiger charge is 2.36. The number of H-pyrrole nitrogens is 1. The van der Waals surface area contributed by atoms with Gasteiger partial charge in [-0.1, -0.05) is 43.1 Å². The van der Waals surface area contributed by atoms with Crippen LogP contribution in [0.4, 0.5) is 10.6 Å². The van der Waals surface area contributed by atoms with Crippen LogP contribution in [0, 0.1) is 11.3 Å². The maximum absolute atomic E-state index is 12.2. The highest BCUT2D eigenvalue weighted by atomic mass is 35.5. The number of rotatable bonds is 4. The van der Waals surface area contributed by atoms with Crippen LogP contribution in [-0.2, 0) is 4.74 Å². The first-order chi connectivity index (χ1) is 13.7. The number of aromatic nitrogens is 2. The van der Waals surface area contributed by atoms with Crippen molar-refractivity contribution in [2.45, 2.75) is 52.1 Å². The second-order valence-electron chi connectivity index (χ2n) is 7.72. The predicted octanol–water partition coefficient (Wildman–Crippen LogP) is 5.51. The maximum atomic E-state index is 12.2. The summed E-state index contributed by atoms with van der Waals surface area (Å²) in [6.07, 6.45) is 0.671. The van der Waals surface area contributed by atoms with Gasteiger partial charge < -0.3 is 14.8 Å². The first kappa shape index (κ1) is 20.7. The van der Waals surface area contributed by atoms with Gasteiger partial charge in [-0.25, -0.2) is 4.79 Å². The number of halogens is 1. The largest absolute Gasteiger partial charge is 0.515 e. The molecule has 152 valence electrons. The van der Waals surface area contributed by atoms with Gasteiger partial charge in [0.15, 0.2) is 0 Å². The molecule has 0 spiro atoms. The van der Waals surface area contributed by atoms with Crippen LogP contribution < -0.4 is 10.1 Å². The first-order valence-corrected chi connectivity index (χ1v) is 9.76. The fraction of sp³-hybridized carbons (Fsp3) is 0.381. The van der Waals surface area contributed by atoms with Crippen molar-refractivity contribution in [1.29, 1.82) is 5.26 Å². The van der Waals surface area contributed by atoms with Crippen molar-refractivity contribution >= 4 is 23.6 Å². The number of nitrogens with one attached hydrogen (secondary N) is 2. The topological polar surface area (TPSA) is 100 Å². The molecular weight excluding hydrogens is 392 g/mol. The van der Waals surface area contributed by atoms with Crippen molar-refractivity contribution in [2.75, 3.05) is 5.32 Å². The Bertz CT molecular complexity index is 998. The van der Waals surface area contributed by atoms with Crippen molar-refractivity contribution in [2.24, 2.45) is 0 Å². The highest BCUT2D eigenvalue weighted by molar-refractivity contribution is 6.31. The summed E-state index contributed by atoms with van der Waals surface area (Å²) in [5, 5.41) is 20.7. The summed E-state index contributed by atoms with van der Waals surface area (Å²) in [4.78, 5) is 12.2. The smallest absolute Gasteiger partial charge is 0.428 e. The van der Waals surface area contributed by atoms with Crippen molar-refractivity contribution < 1.29 is 14.3 Å². The Morgan fingerprint density at radius 1 is 1.34 bits per heavy atom. The molecule has 1 aromatic carbocycles. The van der Waals surface area contributed by atoms with Crippen LogP contribution in [0.15, 0.2) is 35.5 Å². The standard InChI is InChI=1S/C21H23ClN4O3/c1-5-8-15-13(11-23)16(12-9-6-7-10-14(12)22)17-18(24-15)25-26-19(17)28-20(27)29-21(2,3)4/h6-7,9-10,16H,5,8H2,1-4H3,(H2,24,25,26). The number of nitrogens with zero attached hydrogens (tertiary/aromatic N) is 2. The molecule has 3 rings (SSSR count). The van der Waals surface area contributed by atoms with E-state index in [1.807, 2.05) is 25.1 Å². The molecule has 1 unspecified atom stereocenters. The molecule has 2 heterocycles. The van der Waals surface area contributed by atoms with Gasteiger partial charge in [-0.3, -0.25) is 5.10 Å². The lowest BCUT2D eigenvalue weighted by molar-refractivity contribution is 0.0195. The monoisotopic (exact) mass is 414 g/mol. The fourth-order valence-corrected chi connectivity index (χ4v) is 3.51. The van der Waals surface area contributed by atoms with Gasteiger partial charge in [0.05, 0.1) is 23.1 Å². The summed E-state index contributed by atoms with van der Waals surface area (Å²) < 4.78 is 10.6. The van der Waals surface area contributed by atoms with Gasteiger partial charge in [0.25, 0.3) is 5.88 Å². The highest BCUT2D eigenvalue weighted by Crippen LogP contribution is 2.47. The van der Waals surface area contributed by atoms with Crippen LogP contribution in [-0.4, -0.2) is 22.0 Å². The second kappa shape index (κ2) is 8.18. The van der Waals surface area contributed by atoms with E-state index < -0.39 is 17.7 Å². The van der Waals surface area contributed by atoms with Crippen LogP contribution in [0.25, 0.3) is 0 Å². The third kappa shape index (κ3) is 4.38. The molecule has 2 N–H and O–H groups in total. The van der Waals surface area contributed by atoms with E-state index in [1.54, 1.807) is 26.8 Å². The minimum atomic E-state index is -0.869. The zero-order valence-corrected chi connectivity index (χ0v) is 17.6. The number of hydrogen-bond acceptors (Lipinski definition) is 6. The molecule has 0 saturated heterocycles.